The number of carbonyl (C=O) groups excluding carboxylic acids is 2. The number of benzene rings is 1. The number of piperidine rings is 1. The summed E-state index contributed by atoms with van der Waals surface area (Å²) in [4.78, 5) is 30.8. The highest BCUT2D eigenvalue weighted by Gasteiger charge is 2.54. The van der Waals surface area contributed by atoms with Crippen LogP contribution in [0.5, 0.6) is 0 Å². The lowest BCUT2D eigenvalue weighted by Gasteiger charge is -2.52. The van der Waals surface area contributed by atoms with E-state index in [0.717, 1.165) is 51.7 Å². The van der Waals surface area contributed by atoms with Crippen molar-refractivity contribution in [3.05, 3.63) is 35.9 Å². The molecule has 172 valence electrons. The number of piperazine rings is 1. The third kappa shape index (κ3) is 4.91. The van der Waals surface area contributed by atoms with Gasteiger partial charge in [-0.3, -0.25) is 14.5 Å². The lowest BCUT2D eigenvalue weighted by atomic mass is 9.77. The molecule has 4 rings (SSSR count). The molecule has 31 heavy (non-hydrogen) atoms. The molecule has 7 heteroatoms. The van der Waals surface area contributed by atoms with Gasteiger partial charge in [-0.25, -0.2) is 0 Å². The first-order valence-electron chi connectivity index (χ1n) is 11.6. The Labute approximate surface area is 191 Å². The Morgan fingerprint density at radius 3 is 2.29 bits per heavy atom. The topological polar surface area (TPSA) is 72.9 Å². The summed E-state index contributed by atoms with van der Waals surface area (Å²) in [5.74, 6) is -0.0553. The number of halogens is 1. The van der Waals surface area contributed by atoms with E-state index >= 15 is 0 Å². The zero-order chi connectivity index (χ0) is 21.2. The van der Waals surface area contributed by atoms with Crippen molar-refractivity contribution in [1.29, 1.82) is 0 Å². The smallest absolute Gasteiger partial charge is 0.246 e. The fraction of sp³-hybridized carbons (Fsp3) is 0.667. The van der Waals surface area contributed by atoms with Gasteiger partial charge >= 0.3 is 0 Å². The fourth-order valence-electron chi connectivity index (χ4n) is 5.69. The van der Waals surface area contributed by atoms with Crippen LogP contribution in [0.1, 0.15) is 63.9 Å². The summed E-state index contributed by atoms with van der Waals surface area (Å²) in [5, 5.41) is 14.0. The molecule has 1 aromatic carbocycles. The van der Waals surface area contributed by atoms with Gasteiger partial charge in [-0.05, 0) is 38.2 Å². The zero-order valence-corrected chi connectivity index (χ0v) is 19.3. The maximum absolute atomic E-state index is 13.4. The van der Waals surface area contributed by atoms with E-state index in [2.05, 4.69) is 22.3 Å². The van der Waals surface area contributed by atoms with Gasteiger partial charge in [0, 0.05) is 32.6 Å². The van der Waals surface area contributed by atoms with Crippen molar-refractivity contribution in [2.45, 2.75) is 82.0 Å². The third-order valence-corrected chi connectivity index (χ3v) is 7.43. The number of nitrogens with zero attached hydrogens (tertiary/aromatic N) is 2. The van der Waals surface area contributed by atoms with Gasteiger partial charge < -0.3 is 15.3 Å². The average Bonchev–Trinajstić information content (AvgIpc) is 2.75. The minimum atomic E-state index is -0.825. The molecular weight excluding hydrogens is 414 g/mol. The molecule has 2 amide bonds. The van der Waals surface area contributed by atoms with Gasteiger partial charge in [0.2, 0.25) is 11.8 Å². The van der Waals surface area contributed by atoms with E-state index in [-0.39, 0.29) is 24.2 Å². The summed E-state index contributed by atoms with van der Waals surface area (Å²) in [6.07, 6.45) is 6.20. The first-order valence-corrected chi connectivity index (χ1v) is 11.6. The molecule has 1 saturated carbocycles. The molecule has 3 fully saturated rings. The van der Waals surface area contributed by atoms with Gasteiger partial charge in [0.1, 0.15) is 11.6 Å². The van der Waals surface area contributed by atoms with Crippen molar-refractivity contribution >= 4 is 24.2 Å². The summed E-state index contributed by atoms with van der Waals surface area (Å²) < 4.78 is 0. The van der Waals surface area contributed by atoms with Crippen molar-refractivity contribution in [3.8, 4) is 0 Å². The number of likely N-dealkylation sites (N-methyl/N-ethyl adjacent to an activating group) is 1. The number of hydrogen-bond acceptors (Lipinski definition) is 4. The Bertz CT molecular complexity index is 759. The molecule has 1 atom stereocenters. The normalized spacial score (nSPS) is 25.7. The molecule has 3 aliphatic rings. The van der Waals surface area contributed by atoms with E-state index in [1.807, 2.05) is 30.0 Å². The minimum Gasteiger partial charge on any atom is -0.390 e. The summed E-state index contributed by atoms with van der Waals surface area (Å²) in [7, 11) is 0. The fourth-order valence-corrected chi connectivity index (χ4v) is 5.69. The van der Waals surface area contributed by atoms with Gasteiger partial charge in [-0.1, -0.05) is 49.6 Å². The van der Waals surface area contributed by atoms with Crippen LogP contribution >= 0.6 is 12.4 Å². The molecule has 2 aliphatic heterocycles. The molecule has 1 aliphatic carbocycles. The summed E-state index contributed by atoms with van der Waals surface area (Å²) in [6, 6.07) is 9.76. The average molecular weight is 450 g/mol. The van der Waals surface area contributed by atoms with Gasteiger partial charge in [0.25, 0.3) is 0 Å². The zero-order valence-electron chi connectivity index (χ0n) is 18.5. The molecule has 0 unspecified atom stereocenters. The standard InChI is InChI=1S/C24H35N3O3.ClH/c1-2-27-21(28)20(17-23(30)11-7-4-8-12-23)25-22(29)24(27)13-15-26(16-14-24)18-19-9-5-3-6-10-19;/h3,5-6,9-10,20,30H,2,4,7-8,11-18H2,1H3,(H,25,29);1H/t20-;/m1./s1. The number of likely N-dealkylation sites (tertiary alicyclic amines) is 1. The number of rotatable bonds is 5. The summed E-state index contributed by atoms with van der Waals surface area (Å²) in [6.45, 7) is 4.94. The molecule has 6 nitrogen and oxygen atoms in total. The second-order valence-corrected chi connectivity index (χ2v) is 9.39. The summed E-state index contributed by atoms with van der Waals surface area (Å²) >= 11 is 0. The quantitative estimate of drug-likeness (QED) is 0.725. The van der Waals surface area contributed by atoms with Crippen LogP contribution in [0.15, 0.2) is 30.3 Å². The van der Waals surface area contributed by atoms with E-state index in [4.69, 9.17) is 0 Å². The molecule has 1 spiro atoms. The number of aliphatic hydroxyl groups is 1. The van der Waals surface area contributed by atoms with Crippen LogP contribution in [0, 0.1) is 0 Å². The predicted molar refractivity (Wildman–Crippen MR) is 123 cm³/mol. The van der Waals surface area contributed by atoms with Crippen molar-refractivity contribution in [2.75, 3.05) is 19.6 Å². The van der Waals surface area contributed by atoms with Crippen LogP contribution in [0.2, 0.25) is 0 Å². The highest BCUT2D eigenvalue weighted by Crippen LogP contribution is 2.37. The first kappa shape index (κ1) is 24.0. The van der Waals surface area contributed by atoms with Crippen LogP contribution in [-0.2, 0) is 16.1 Å². The first-order chi connectivity index (χ1) is 14.5. The van der Waals surface area contributed by atoms with E-state index in [1.54, 1.807) is 0 Å². The maximum atomic E-state index is 13.4. The van der Waals surface area contributed by atoms with Crippen molar-refractivity contribution in [1.82, 2.24) is 15.1 Å². The largest absolute Gasteiger partial charge is 0.390 e. The molecular formula is C24H36ClN3O3. The van der Waals surface area contributed by atoms with Gasteiger partial charge in [-0.2, -0.15) is 0 Å². The van der Waals surface area contributed by atoms with E-state index in [0.29, 0.717) is 25.8 Å². The van der Waals surface area contributed by atoms with E-state index in [1.165, 1.54) is 5.56 Å². The lowest BCUT2D eigenvalue weighted by molar-refractivity contribution is -0.163. The van der Waals surface area contributed by atoms with Crippen LogP contribution in [0.25, 0.3) is 0 Å². The Morgan fingerprint density at radius 2 is 1.68 bits per heavy atom. The summed E-state index contributed by atoms with van der Waals surface area (Å²) in [5.41, 5.74) is -0.301. The second kappa shape index (κ2) is 9.88. The SMILES string of the molecule is CCN1C(=O)[C@@H](CC2(O)CCCCC2)NC(=O)C12CCN(Cc1ccccc1)CC2.Cl. The Hall–Kier alpha value is -1.63. The monoisotopic (exact) mass is 449 g/mol. The highest BCUT2D eigenvalue weighted by atomic mass is 35.5. The molecule has 1 aromatic rings. The maximum Gasteiger partial charge on any atom is 0.246 e. The molecule has 0 radical (unpaired) electrons. The predicted octanol–water partition coefficient (Wildman–Crippen LogP) is 2.88. The van der Waals surface area contributed by atoms with Crippen LogP contribution in [-0.4, -0.2) is 63.5 Å². The van der Waals surface area contributed by atoms with Crippen molar-refractivity contribution in [3.63, 3.8) is 0 Å². The van der Waals surface area contributed by atoms with Crippen LogP contribution in [0.3, 0.4) is 0 Å². The number of amides is 2. The number of hydrogen-bond donors (Lipinski definition) is 2. The number of carbonyl (C=O) groups is 2. The Morgan fingerprint density at radius 1 is 1.03 bits per heavy atom. The van der Waals surface area contributed by atoms with Crippen molar-refractivity contribution < 1.29 is 14.7 Å². The second-order valence-electron chi connectivity index (χ2n) is 9.39. The van der Waals surface area contributed by atoms with E-state index in [9.17, 15) is 14.7 Å². The molecule has 2 heterocycles. The van der Waals surface area contributed by atoms with E-state index < -0.39 is 17.2 Å². The molecule has 2 N–H and O–H groups in total. The van der Waals surface area contributed by atoms with Gasteiger partial charge in [0.15, 0.2) is 0 Å². The Balaban J connectivity index is 0.00000272. The highest BCUT2D eigenvalue weighted by molar-refractivity contribution is 6.00. The van der Waals surface area contributed by atoms with Gasteiger partial charge in [-0.15, -0.1) is 12.4 Å². The number of nitrogens with one attached hydrogen (secondary N) is 1. The molecule has 2 saturated heterocycles. The van der Waals surface area contributed by atoms with Crippen molar-refractivity contribution in [2.24, 2.45) is 0 Å². The Kier molecular flexibility index (Phi) is 7.66. The van der Waals surface area contributed by atoms with Crippen LogP contribution in [0.4, 0.5) is 0 Å². The minimum absolute atomic E-state index is 0. The third-order valence-electron chi connectivity index (χ3n) is 7.43. The lowest BCUT2D eigenvalue weighted by Crippen LogP contribution is -2.73. The molecule has 0 bridgehead atoms. The van der Waals surface area contributed by atoms with Gasteiger partial charge in [0.05, 0.1) is 5.60 Å². The van der Waals surface area contributed by atoms with Crippen LogP contribution < -0.4 is 5.32 Å². The molecule has 0 aromatic heterocycles.